The van der Waals surface area contributed by atoms with Gasteiger partial charge in [-0.2, -0.15) is 17.5 Å². The topological polar surface area (TPSA) is 133 Å². The second-order valence-electron chi connectivity index (χ2n) is 10.2. The lowest BCUT2D eigenvalue weighted by atomic mass is 9.85. The number of ether oxygens (including phenoxy) is 1. The third kappa shape index (κ3) is 5.54. The van der Waals surface area contributed by atoms with E-state index in [0.29, 0.717) is 23.1 Å². The molecule has 2 atom stereocenters. The van der Waals surface area contributed by atoms with Gasteiger partial charge in [0.2, 0.25) is 11.7 Å². The van der Waals surface area contributed by atoms with Crippen LogP contribution >= 0.6 is 10.8 Å². The maximum Gasteiger partial charge on any atom is 0.452 e. The Balaban J connectivity index is 1.55. The summed E-state index contributed by atoms with van der Waals surface area (Å²) < 4.78 is 71.4. The molecule has 1 aliphatic rings. The van der Waals surface area contributed by atoms with Crippen molar-refractivity contribution in [3.8, 4) is 5.88 Å². The number of nitrogens with zero attached hydrogens (tertiary/aromatic N) is 5. The summed E-state index contributed by atoms with van der Waals surface area (Å²) in [5, 5.41) is 16.8. The summed E-state index contributed by atoms with van der Waals surface area (Å²) >= 11 is 0. The Hall–Kier alpha value is -3.72. The highest BCUT2D eigenvalue weighted by Crippen LogP contribution is 2.57. The first kappa shape index (κ1) is 29.8. The Bertz CT molecular complexity index is 1640. The van der Waals surface area contributed by atoms with Gasteiger partial charge in [-0.15, -0.1) is 21.0 Å². The quantitative estimate of drug-likeness (QED) is 0.230. The highest BCUT2D eigenvalue weighted by Gasteiger charge is 2.38. The van der Waals surface area contributed by atoms with Crippen LogP contribution in [0, 0.1) is 13.8 Å². The van der Waals surface area contributed by atoms with Crippen molar-refractivity contribution >= 4 is 22.4 Å². The molecule has 0 bridgehead atoms. The van der Waals surface area contributed by atoms with Crippen LogP contribution in [0.15, 0.2) is 53.7 Å². The number of carbonyl (C=O) groups is 1. The largest absolute Gasteiger partial charge is 0.481 e. The van der Waals surface area contributed by atoms with Crippen molar-refractivity contribution in [3.05, 3.63) is 82.4 Å². The molecule has 0 radical (unpaired) electrons. The van der Waals surface area contributed by atoms with Crippen molar-refractivity contribution in [2.24, 2.45) is 0 Å². The van der Waals surface area contributed by atoms with Crippen molar-refractivity contribution in [2.75, 3.05) is 6.54 Å². The minimum atomic E-state index is -4.71. The first-order valence-corrected chi connectivity index (χ1v) is 14.7. The molecule has 0 saturated carbocycles. The molecule has 224 valence electrons. The average Bonchev–Trinajstić information content (AvgIpc) is 3.34. The molecule has 0 saturated heterocycles. The van der Waals surface area contributed by atoms with E-state index < -0.39 is 34.7 Å². The van der Waals surface area contributed by atoms with Crippen LogP contribution in [0.2, 0.25) is 0 Å². The van der Waals surface area contributed by atoms with Crippen molar-refractivity contribution in [1.29, 1.82) is 0 Å². The number of aliphatic carboxylic acids is 1. The van der Waals surface area contributed by atoms with Gasteiger partial charge in [-0.05, 0) is 66.3 Å². The average molecular weight is 606 g/mol. The highest BCUT2D eigenvalue weighted by molar-refractivity contribution is 8.22. The van der Waals surface area contributed by atoms with E-state index in [4.69, 9.17) is 4.74 Å². The fraction of sp³-hybridized carbons (Fsp3) is 0.357. The Morgan fingerprint density at radius 2 is 1.95 bits per heavy atom. The minimum Gasteiger partial charge on any atom is -0.481 e. The van der Waals surface area contributed by atoms with Crippen molar-refractivity contribution in [1.82, 2.24) is 23.9 Å². The molecule has 3 N–H and O–H groups in total. The van der Waals surface area contributed by atoms with E-state index in [2.05, 4.69) is 15.2 Å². The van der Waals surface area contributed by atoms with Crippen LogP contribution in [-0.2, 0) is 17.5 Å². The number of aryl methyl sites for hydroxylation is 2. The van der Waals surface area contributed by atoms with E-state index in [-0.39, 0.29) is 42.0 Å². The molecule has 1 unspecified atom stereocenters. The van der Waals surface area contributed by atoms with Gasteiger partial charge in [-0.3, -0.25) is 18.3 Å². The summed E-state index contributed by atoms with van der Waals surface area (Å²) in [7, 11) is -3.48. The molecule has 3 aromatic heterocycles. The first-order chi connectivity index (χ1) is 19.8. The summed E-state index contributed by atoms with van der Waals surface area (Å²) in [5.74, 6) is -2.80. The van der Waals surface area contributed by atoms with E-state index >= 15 is 0 Å². The Morgan fingerprint density at radius 1 is 1.19 bits per heavy atom. The zero-order valence-electron chi connectivity index (χ0n) is 23.0. The van der Waals surface area contributed by atoms with Crippen LogP contribution in [0.3, 0.4) is 0 Å². The molecule has 0 aliphatic carbocycles. The van der Waals surface area contributed by atoms with Gasteiger partial charge in [0.05, 0.1) is 13.0 Å². The molecule has 0 spiro atoms. The summed E-state index contributed by atoms with van der Waals surface area (Å²) in [4.78, 5) is 16.4. The first-order valence-electron chi connectivity index (χ1n) is 13.2. The van der Waals surface area contributed by atoms with Gasteiger partial charge in [0.25, 0.3) is 0 Å². The van der Waals surface area contributed by atoms with Crippen LogP contribution in [0.25, 0.3) is 5.65 Å². The fourth-order valence-electron chi connectivity index (χ4n) is 5.22. The smallest absolute Gasteiger partial charge is 0.452 e. The lowest BCUT2D eigenvalue weighted by Crippen LogP contribution is -2.34. The maximum absolute atomic E-state index is 13.4. The number of pyridine rings is 2. The van der Waals surface area contributed by atoms with Crippen molar-refractivity contribution in [2.45, 2.75) is 63.3 Å². The molecular weight excluding hydrogens is 575 g/mol. The molecule has 4 heterocycles. The molecule has 42 heavy (non-hydrogen) atoms. The monoisotopic (exact) mass is 605 g/mol. The Labute approximate surface area is 241 Å². The summed E-state index contributed by atoms with van der Waals surface area (Å²) in [5.41, 5.74) is 3.04. The zero-order chi connectivity index (χ0) is 30.4. The molecule has 4 aromatic rings. The van der Waals surface area contributed by atoms with Gasteiger partial charge in [0.15, 0.2) is 5.65 Å². The number of alkyl halides is 3. The molecule has 14 heteroatoms. The maximum atomic E-state index is 13.4. The van der Waals surface area contributed by atoms with Gasteiger partial charge in [-0.1, -0.05) is 25.1 Å². The van der Waals surface area contributed by atoms with Crippen LogP contribution in [0.5, 0.6) is 5.88 Å². The second-order valence-corrected chi connectivity index (χ2v) is 12.2. The van der Waals surface area contributed by atoms with Gasteiger partial charge < -0.3 is 9.84 Å². The van der Waals surface area contributed by atoms with E-state index in [9.17, 15) is 32.2 Å². The zero-order valence-corrected chi connectivity index (χ0v) is 23.9. The van der Waals surface area contributed by atoms with E-state index in [0.717, 1.165) is 15.5 Å². The number of aromatic nitrogens is 4. The van der Waals surface area contributed by atoms with E-state index in [1.165, 1.54) is 18.5 Å². The number of rotatable bonds is 7. The normalized spacial score (nSPS) is 18.6. The minimum absolute atomic E-state index is 0.0149. The van der Waals surface area contributed by atoms with Crippen LogP contribution in [0.4, 0.5) is 13.2 Å². The second kappa shape index (κ2) is 11.2. The van der Waals surface area contributed by atoms with Gasteiger partial charge >= 0.3 is 12.1 Å². The number of hydrogen-bond acceptors (Lipinski definition) is 8. The number of carboxylic acid groups (broad SMARTS) is 1. The molecular formula is C28H30F3N5O5S. The third-order valence-corrected chi connectivity index (χ3v) is 9.43. The highest BCUT2D eigenvalue weighted by atomic mass is 32.3. The van der Waals surface area contributed by atoms with Gasteiger partial charge in [0.1, 0.15) is 11.0 Å². The van der Waals surface area contributed by atoms with Crippen LogP contribution in [-0.4, -0.2) is 56.7 Å². The summed E-state index contributed by atoms with van der Waals surface area (Å²) in [6.07, 6.45) is -2.06. The Morgan fingerprint density at radius 3 is 2.64 bits per heavy atom. The lowest BCUT2D eigenvalue weighted by Gasteiger charge is -2.41. The third-order valence-electron chi connectivity index (χ3n) is 7.53. The number of carboxylic acids is 1. The number of hydrogen-bond donors (Lipinski definition) is 3. The van der Waals surface area contributed by atoms with Gasteiger partial charge in [-0.25, -0.2) is 4.98 Å². The molecule has 0 amide bonds. The molecule has 1 aromatic carbocycles. The molecule has 5 rings (SSSR count). The number of benzene rings is 1. The molecule has 0 fully saturated rings. The predicted molar refractivity (Wildman–Crippen MR) is 148 cm³/mol. The fourth-order valence-corrected chi connectivity index (χ4v) is 6.79. The van der Waals surface area contributed by atoms with Gasteiger partial charge in [0, 0.05) is 24.9 Å². The molecule has 1 aliphatic heterocycles. The van der Waals surface area contributed by atoms with Crippen molar-refractivity contribution in [3.63, 3.8) is 0 Å². The Kier molecular flexibility index (Phi) is 7.91. The number of halogens is 3. The summed E-state index contributed by atoms with van der Waals surface area (Å²) in [6, 6.07) is 10.0. The lowest BCUT2D eigenvalue weighted by molar-refractivity contribution is -0.145. The molecule has 10 nitrogen and oxygen atoms in total. The van der Waals surface area contributed by atoms with E-state index in [1.54, 1.807) is 29.4 Å². The summed E-state index contributed by atoms with van der Waals surface area (Å²) in [6.45, 7) is 5.71. The standard InChI is InChI=1S/C28H30F3N5O5S/c1-4-20-15-35(42(39,40)23-6-5-10-32-26(23)41-20)14-19-12-18(8-7-16(19)2)22(13-24(37)38)21-9-11-36-25(17(21)3)33-34-27(36)28(29,30)31/h5-12,20,22,39-40H,4,13-15H2,1-3H3,(H,37,38)/t20-,22?/m1/s1. The van der Waals surface area contributed by atoms with Crippen LogP contribution < -0.4 is 4.74 Å². The van der Waals surface area contributed by atoms with Crippen molar-refractivity contribution < 1.29 is 36.9 Å². The van der Waals surface area contributed by atoms with E-state index in [1.807, 2.05) is 26.0 Å². The number of fused-ring (bicyclic) bond motifs is 2. The SMILES string of the molecule is CC[C@@H]1CN(Cc2cc(C(CC(=O)O)c3ccn4c(C(F)(F)F)nnc4c3C)ccc2C)S(O)(O)c2cccnc2O1. The predicted octanol–water partition coefficient (Wildman–Crippen LogP) is 6.06. The van der Waals surface area contributed by atoms with Crippen LogP contribution in [0.1, 0.15) is 59.3 Å².